The summed E-state index contributed by atoms with van der Waals surface area (Å²) in [5.74, 6) is 0. The van der Waals surface area contributed by atoms with Gasteiger partial charge in [0.1, 0.15) is 0 Å². The van der Waals surface area contributed by atoms with E-state index in [0.29, 0.717) is 5.02 Å². The number of hydrogen-bond acceptors (Lipinski definition) is 3. The second-order valence-electron chi connectivity index (χ2n) is 5.18. The van der Waals surface area contributed by atoms with Gasteiger partial charge in [0.05, 0.1) is 6.10 Å². The topological polar surface area (TPSA) is 49.5 Å². The Morgan fingerprint density at radius 1 is 1.39 bits per heavy atom. The van der Waals surface area contributed by atoms with Crippen LogP contribution in [0.15, 0.2) is 18.2 Å². The molecular weight excluding hydrogens is 248 g/mol. The Labute approximate surface area is 114 Å². The van der Waals surface area contributed by atoms with E-state index in [0.717, 1.165) is 37.1 Å². The maximum absolute atomic E-state index is 10.0. The van der Waals surface area contributed by atoms with Gasteiger partial charge in [-0.05, 0) is 37.6 Å². The Morgan fingerprint density at radius 2 is 2.11 bits per heavy atom. The first-order valence-electron chi connectivity index (χ1n) is 6.50. The van der Waals surface area contributed by atoms with Crippen LogP contribution in [0.3, 0.4) is 0 Å². The van der Waals surface area contributed by atoms with E-state index >= 15 is 0 Å². The van der Waals surface area contributed by atoms with Crippen molar-refractivity contribution in [3.05, 3.63) is 28.8 Å². The third-order valence-electron chi connectivity index (χ3n) is 3.79. The molecule has 18 heavy (non-hydrogen) atoms. The molecule has 1 fully saturated rings. The van der Waals surface area contributed by atoms with E-state index in [1.54, 1.807) is 6.07 Å². The molecule has 0 saturated heterocycles. The number of nitrogens with zero attached hydrogens (tertiary/aromatic N) is 1. The minimum Gasteiger partial charge on any atom is -0.398 e. The highest BCUT2D eigenvalue weighted by molar-refractivity contribution is 6.30. The van der Waals surface area contributed by atoms with E-state index in [1.165, 1.54) is 6.42 Å². The molecule has 2 atom stereocenters. The number of hydrogen-bond donors (Lipinski definition) is 2. The summed E-state index contributed by atoms with van der Waals surface area (Å²) in [6.45, 7) is 0.755. The van der Waals surface area contributed by atoms with Crippen molar-refractivity contribution in [1.29, 1.82) is 0 Å². The molecule has 100 valence electrons. The van der Waals surface area contributed by atoms with Crippen LogP contribution in [0.4, 0.5) is 5.69 Å². The van der Waals surface area contributed by atoms with Gasteiger partial charge in [-0.1, -0.05) is 30.5 Å². The van der Waals surface area contributed by atoms with Gasteiger partial charge in [-0.25, -0.2) is 0 Å². The van der Waals surface area contributed by atoms with Crippen LogP contribution < -0.4 is 5.73 Å². The SMILES string of the molecule is CN(Cc1ccc(Cl)cc1N)C1CCCCC1O. The number of aliphatic hydroxyl groups is 1. The normalized spacial score (nSPS) is 24.4. The van der Waals surface area contributed by atoms with Crippen molar-refractivity contribution >= 4 is 17.3 Å². The molecule has 0 heterocycles. The van der Waals surface area contributed by atoms with Gasteiger partial charge in [0.25, 0.3) is 0 Å². The monoisotopic (exact) mass is 268 g/mol. The molecule has 1 saturated carbocycles. The number of likely N-dealkylation sites (N-methyl/N-ethyl adjacent to an activating group) is 1. The lowest BCUT2D eigenvalue weighted by atomic mass is 9.91. The van der Waals surface area contributed by atoms with Crippen molar-refractivity contribution in [2.24, 2.45) is 0 Å². The number of anilines is 1. The van der Waals surface area contributed by atoms with E-state index in [9.17, 15) is 5.11 Å². The summed E-state index contributed by atoms with van der Waals surface area (Å²) in [7, 11) is 2.05. The number of aliphatic hydroxyl groups excluding tert-OH is 1. The van der Waals surface area contributed by atoms with E-state index in [1.807, 2.05) is 19.2 Å². The minimum atomic E-state index is -0.211. The molecule has 0 radical (unpaired) electrons. The third kappa shape index (κ3) is 3.16. The van der Waals surface area contributed by atoms with Crippen LogP contribution in [-0.4, -0.2) is 29.2 Å². The van der Waals surface area contributed by atoms with Gasteiger partial charge in [-0.2, -0.15) is 0 Å². The Kier molecular flexibility index (Phi) is 4.49. The number of nitrogen functional groups attached to an aromatic ring is 1. The van der Waals surface area contributed by atoms with Crippen LogP contribution in [-0.2, 0) is 6.54 Å². The smallest absolute Gasteiger partial charge is 0.0695 e. The number of benzene rings is 1. The summed E-state index contributed by atoms with van der Waals surface area (Å²) in [6.07, 6.45) is 4.09. The summed E-state index contributed by atoms with van der Waals surface area (Å²) >= 11 is 5.89. The van der Waals surface area contributed by atoms with Gasteiger partial charge in [0, 0.05) is 23.3 Å². The third-order valence-corrected chi connectivity index (χ3v) is 4.02. The summed E-state index contributed by atoms with van der Waals surface area (Å²) < 4.78 is 0. The molecule has 0 spiro atoms. The molecule has 1 aliphatic rings. The molecule has 2 rings (SSSR count). The van der Waals surface area contributed by atoms with Crippen LogP contribution in [0.5, 0.6) is 0 Å². The number of nitrogens with two attached hydrogens (primary N) is 1. The largest absolute Gasteiger partial charge is 0.398 e. The predicted molar refractivity (Wildman–Crippen MR) is 75.6 cm³/mol. The van der Waals surface area contributed by atoms with Gasteiger partial charge in [0.2, 0.25) is 0 Å². The average molecular weight is 269 g/mol. The number of rotatable bonds is 3. The zero-order valence-electron chi connectivity index (χ0n) is 10.8. The molecular formula is C14H21ClN2O. The fourth-order valence-electron chi connectivity index (χ4n) is 2.70. The van der Waals surface area contributed by atoms with Crippen molar-refractivity contribution in [1.82, 2.24) is 4.90 Å². The Balaban J connectivity index is 2.03. The Hall–Kier alpha value is -0.770. The van der Waals surface area contributed by atoms with Crippen molar-refractivity contribution in [2.45, 2.75) is 44.4 Å². The van der Waals surface area contributed by atoms with Crippen molar-refractivity contribution < 1.29 is 5.11 Å². The van der Waals surface area contributed by atoms with Crippen LogP contribution in [0.2, 0.25) is 5.02 Å². The molecule has 3 nitrogen and oxygen atoms in total. The maximum Gasteiger partial charge on any atom is 0.0695 e. The maximum atomic E-state index is 10.0. The van der Waals surface area contributed by atoms with Crippen LogP contribution in [0.1, 0.15) is 31.2 Å². The molecule has 1 aromatic carbocycles. The lowest BCUT2D eigenvalue weighted by Gasteiger charge is -2.35. The second kappa shape index (κ2) is 5.91. The highest BCUT2D eigenvalue weighted by Crippen LogP contribution is 2.25. The average Bonchev–Trinajstić information content (AvgIpc) is 2.33. The minimum absolute atomic E-state index is 0.211. The lowest BCUT2D eigenvalue weighted by Crippen LogP contribution is -2.42. The summed E-state index contributed by atoms with van der Waals surface area (Å²) in [4.78, 5) is 2.20. The summed E-state index contributed by atoms with van der Waals surface area (Å²) in [5.41, 5.74) is 7.75. The molecule has 1 aromatic rings. The highest BCUT2D eigenvalue weighted by Gasteiger charge is 2.26. The van der Waals surface area contributed by atoms with Gasteiger partial charge in [0.15, 0.2) is 0 Å². The fraction of sp³-hybridized carbons (Fsp3) is 0.571. The fourth-order valence-corrected chi connectivity index (χ4v) is 2.88. The van der Waals surface area contributed by atoms with E-state index in [2.05, 4.69) is 4.90 Å². The molecule has 2 unspecified atom stereocenters. The molecule has 1 aliphatic carbocycles. The standard InChI is InChI=1S/C14H21ClN2O/c1-17(13-4-2-3-5-14(13)18)9-10-6-7-11(15)8-12(10)16/h6-8,13-14,18H,2-5,9,16H2,1H3. The van der Waals surface area contributed by atoms with Crippen molar-refractivity contribution in [3.8, 4) is 0 Å². The zero-order valence-corrected chi connectivity index (χ0v) is 11.5. The van der Waals surface area contributed by atoms with Crippen LogP contribution in [0, 0.1) is 0 Å². The van der Waals surface area contributed by atoms with Crippen molar-refractivity contribution in [2.75, 3.05) is 12.8 Å². The van der Waals surface area contributed by atoms with Gasteiger partial charge < -0.3 is 10.8 Å². The predicted octanol–water partition coefficient (Wildman–Crippen LogP) is 2.66. The van der Waals surface area contributed by atoms with E-state index in [4.69, 9.17) is 17.3 Å². The Morgan fingerprint density at radius 3 is 2.78 bits per heavy atom. The van der Waals surface area contributed by atoms with Gasteiger partial charge in [-0.15, -0.1) is 0 Å². The van der Waals surface area contributed by atoms with Crippen LogP contribution in [0.25, 0.3) is 0 Å². The van der Waals surface area contributed by atoms with Crippen molar-refractivity contribution in [3.63, 3.8) is 0 Å². The van der Waals surface area contributed by atoms with Gasteiger partial charge >= 0.3 is 0 Å². The molecule has 0 aliphatic heterocycles. The summed E-state index contributed by atoms with van der Waals surface area (Å²) in [6, 6.07) is 5.85. The second-order valence-corrected chi connectivity index (χ2v) is 5.61. The quantitative estimate of drug-likeness (QED) is 0.829. The number of halogens is 1. The molecule has 3 N–H and O–H groups in total. The first-order valence-corrected chi connectivity index (χ1v) is 6.88. The molecule has 0 bridgehead atoms. The van der Waals surface area contributed by atoms with Gasteiger partial charge in [-0.3, -0.25) is 4.90 Å². The van der Waals surface area contributed by atoms with Crippen LogP contribution >= 0.6 is 11.6 Å². The first kappa shape index (κ1) is 13.7. The molecule has 4 heteroatoms. The summed E-state index contributed by atoms with van der Waals surface area (Å²) in [5, 5.41) is 10.7. The highest BCUT2D eigenvalue weighted by atomic mass is 35.5. The Bertz CT molecular complexity index is 411. The zero-order chi connectivity index (χ0) is 13.1. The molecule has 0 amide bonds. The van der Waals surface area contributed by atoms with E-state index in [-0.39, 0.29) is 12.1 Å². The molecule has 0 aromatic heterocycles. The first-order chi connectivity index (χ1) is 8.58. The van der Waals surface area contributed by atoms with E-state index < -0.39 is 0 Å². The lowest BCUT2D eigenvalue weighted by molar-refractivity contribution is 0.0289.